The van der Waals surface area contributed by atoms with E-state index in [2.05, 4.69) is 10.6 Å². The molecule has 22 heavy (non-hydrogen) atoms. The first-order chi connectivity index (χ1) is 10.5. The van der Waals surface area contributed by atoms with Crippen LogP contribution in [0.3, 0.4) is 0 Å². The van der Waals surface area contributed by atoms with Crippen molar-refractivity contribution in [3.8, 4) is 5.75 Å². The van der Waals surface area contributed by atoms with E-state index in [-0.39, 0.29) is 18.7 Å². The quantitative estimate of drug-likeness (QED) is 0.690. The van der Waals surface area contributed by atoms with Gasteiger partial charge in [0.25, 0.3) is 0 Å². The van der Waals surface area contributed by atoms with E-state index >= 15 is 0 Å². The number of benzene rings is 1. The average molecular weight is 306 g/mol. The van der Waals surface area contributed by atoms with Crippen LogP contribution in [0.1, 0.15) is 18.4 Å². The molecule has 0 spiro atoms. The Labute approximate surface area is 127 Å². The number of aliphatic carboxylic acids is 1. The minimum absolute atomic E-state index is 0.138. The van der Waals surface area contributed by atoms with Gasteiger partial charge in [0, 0.05) is 12.8 Å². The zero-order chi connectivity index (χ0) is 16.1. The van der Waals surface area contributed by atoms with Gasteiger partial charge in [-0.2, -0.15) is 0 Å². The number of rotatable bonds is 6. The molecule has 2 rings (SSSR count). The molecule has 3 N–H and O–H groups in total. The van der Waals surface area contributed by atoms with Crippen LogP contribution < -0.4 is 15.4 Å². The Balaban J connectivity index is 2.01. The van der Waals surface area contributed by atoms with Crippen molar-refractivity contribution >= 4 is 17.8 Å². The SMILES string of the molecule is COc1cccc(C[C@H](NC(=O)[C@@H]2CCC(=O)N2)C(=O)O)c1. The minimum Gasteiger partial charge on any atom is -0.497 e. The van der Waals surface area contributed by atoms with Gasteiger partial charge >= 0.3 is 5.97 Å². The van der Waals surface area contributed by atoms with Crippen molar-refractivity contribution in [2.75, 3.05) is 7.11 Å². The molecular formula is C15H18N2O5. The molecule has 1 heterocycles. The molecule has 2 amide bonds. The molecule has 1 aromatic carbocycles. The minimum atomic E-state index is -1.12. The maximum atomic E-state index is 12.0. The number of ether oxygens (including phenoxy) is 1. The van der Waals surface area contributed by atoms with Crippen LogP contribution in [0.4, 0.5) is 0 Å². The van der Waals surface area contributed by atoms with Crippen molar-refractivity contribution in [3.05, 3.63) is 29.8 Å². The molecule has 1 aromatic rings. The van der Waals surface area contributed by atoms with E-state index in [1.54, 1.807) is 24.3 Å². The molecule has 0 aromatic heterocycles. The van der Waals surface area contributed by atoms with E-state index in [1.807, 2.05) is 0 Å². The second kappa shape index (κ2) is 6.93. The topological polar surface area (TPSA) is 105 Å². The summed E-state index contributed by atoms with van der Waals surface area (Å²) in [4.78, 5) is 34.5. The van der Waals surface area contributed by atoms with Crippen molar-refractivity contribution in [1.82, 2.24) is 10.6 Å². The maximum Gasteiger partial charge on any atom is 0.326 e. The van der Waals surface area contributed by atoms with Gasteiger partial charge in [-0.25, -0.2) is 4.79 Å². The highest BCUT2D eigenvalue weighted by molar-refractivity contribution is 5.92. The molecule has 0 bridgehead atoms. The lowest BCUT2D eigenvalue weighted by Gasteiger charge is -2.17. The Hall–Kier alpha value is -2.57. The van der Waals surface area contributed by atoms with Gasteiger partial charge in [-0.1, -0.05) is 12.1 Å². The fourth-order valence-electron chi connectivity index (χ4n) is 2.32. The molecule has 118 valence electrons. The lowest BCUT2D eigenvalue weighted by molar-refractivity contribution is -0.142. The number of nitrogens with one attached hydrogen (secondary N) is 2. The Morgan fingerprint density at radius 1 is 1.50 bits per heavy atom. The first-order valence-corrected chi connectivity index (χ1v) is 6.95. The molecule has 1 fully saturated rings. The third-order valence-corrected chi connectivity index (χ3v) is 3.50. The van der Waals surface area contributed by atoms with Crippen molar-refractivity contribution in [3.63, 3.8) is 0 Å². The summed E-state index contributed by atoms with van der Waals surface area (Å²) in [5.74, 6) is -1.17. The fraction of sp³-hybridized carbons (Fsp3) is 0.400. The second-order valence-electron chi connectivity index (χ2n) is 5.11. The molecule has 1 aliphatic rings. The summed E-state index contributed by atoms with van der Waals surface area (Å²) < 4.78 is 5.09. The van der Waals surface area contributed by atoms with Crippen LogP contribution in [-0.4, -0.2) is 42.1 Å². The van der Waals surface area contributed by atoms with Crippen LogP contribution in [0.5, 0.6) is 5.75 Å². The Kier molecular flexibility index (Phi) is 4.98. The molecule has 0 unspecified atom stereocenters. The summed E-state index contributed by atoms with van der Waals surface area (Å²) in [5, 5.41) is 14.3. The fourth-order valence-corrected chi connectivity index (χ4v) is 2.32. The standard InChI is InChI=1S/C15H18N2O5/c1-22-10-4-2-3-9(7-10)8-12(15(20)21)17-14(19)11-5-6-13(18)16-11/h2-4,7,11-12H,5-6,8H2,1H3,(H,16,18)(H,17,19)(H,20,21)/t11-,12-/m0/s1. The van der Waals surface area contributed by atoms with Gasteiger partial charge in [-0.15, -0.1) is 0 Å². The third-order valence-electron chi connectivity index (χ3n) is 3.50. The first-order valence-electron chi connectivity index (χ1n) is 6.95. The van der Waals surface area contributed by atoms with Crippen LogP contribution in [0, 0.1) is 0 Å². The molecule has 7 nitrogen and oxygen atoms in total. The predicted molar refractivity (Wildman–Crippen MR) is 77.4 cm³/mol. The van der Waals surface area contributed by atoms with E-state index in [1.165, 1.54) is 7.11 Å². The molecule has 1 saturated heterocycles. The van der Waals surface area contributed by atoms with Crippen molar-refractivity contribution in [2.24, 2.45) is 0 Å². The van der Waals surface area contributed by atoms with Gasteiger partial charge in [0.2, 0.25) is 11.8 Å². The number of carbonyl (C=O) groups excluding carboxylic acids is 2. The van der Waals surface area contributed by atoms with Gasteiger partial charge < -0.3 is 20.5 Å². The van der Waals surface area contributed by atoms with Crippen molar-refractivity contribution in [2.45, 2.75) is 31.3 Å². The zero-order valence-corrected chi connectivity index (χ0v) is 12.2. The van der Waals surface area contributed by atoms with Crippen molar-refractivity contribution < 1.29 is 24.2 Å². The summed E-state index contributed by atoms with van der Waals surface area (Å²) in [6.07, 6.45) is 0.806. The summed E-state index contributed by atoms with van der Waals surface area (Å²) in [7, 11) is 1.53. The van der Waals surface area contributed by atoms with E-state index in [0.717, 1.165) is 5.56 Å². The number of hydrogen-bond acceptors (Lipinski definition) is 4. The number of carbonyl (C=O) groups is 3. The number of amides is 2. The summed E-state index contributed by atoms with van der Waals surface area (Å²) in [5.41, 5.74) is 0.738. The molecule has 0 radical (unpaired) electrons. The number of carboxylic acids is 1. The smallest absolute Gasteiger partial charge is 0.326 e. The van der Waals surface area contributed by atoms with Crippen LogP contribution in [0.2, 0.25) is 0 Å². The molecule has 0 saturated carbocycles. The van der Waals surface area contributed by atoms with Gasteiger partial charge in [0.05, 0.1) is 7.11 Å². The van der Waals surface area contributed by atoms with Crippen LogP contribution >= 0.6 is 0 Å². The van der Waals surface area contributed by atoms with E-state index in [9.17, 15) is 19.5 Å². The zero-order valence-electron chi connectivity index (χ0n) is 12.2. The Morgan fingerprint density at radius 3 is 2.86 bits per heavy atom. The summed E-state index contributed by atoms with van der Waals surface area (Å²) >= 11 is 0. The number of hydrogen-bond donors (Lipinski definition) is 3. The van der Waals surface area contributed by atoms with Gasteiger partial charge in [0.15, 0.2) is 0 Å². The Morgan fingerprint density at radius 2 is 2.27 bits per heavy atom. The van der Waals surface area contributed by atoms with Gasteiger partial charge in [-0.3, -0.25) is 9.59 Å². The highest BCUT2D eigenvalue weighted by Crippen LogP contribution is 2.14. The normalized spacial score (nSPS) is 18.4. The maximum absolute atomic E-state index is 12.0. The van der Waals surface area contributed by atoms with E-state index < -0.39 is 24.0 Å². The summed E-state index contributed by atoms with van der Waals surface area (Å²) in [6.45, 7) is 0. The van der Waals surface area contributed by atoms with E-state index in [0.29, 0.717) is 12.2 Å². The Bertz CT molecular complexity index is 587. The predicted octanol–water partition coefficient (Wildman–Crippen LogP) is 0.0857. The van der Waals surface area contributed by atoms with Gasteiger partial charge in [-0.05, 0) is 24.1 Å². The van der Waals surface area contributed by atoms with Crippen LogP contribution in [0.25, 0.3) is 0 Å². The van der Waals surface area contributed by atoms with Gasteiger partial charge in [0.1, 0.15) is 17.8 Å². The van der Waals surface area contributed by atoms with E-state index in [4.69, 9.17) is 4.74 Å². The molecule has 7 heteroatoms. The lowest BCUT2D eigenvalue weighted by atomic mass is 10.0. The molecule has 0 aliphatic carbocycles. The van der Waals surface area contributed by atoms with Crippen LogP contribution in [0.15, 0.2) is 24.3 Å². The second-order valence-corrected chi connectivity index (χ2v) is 5.11. The van der Waals surface area contributed by atoms with Crippen molar-refractivity contribution in [1.29, 1.82) is 0 Å². The largest absolute Gasteiger partial charge is 0.497 e. The molecule has 1 aliphatic heterocycles. The number of methoxy groups -OCH3 is 1. The monoisotopic (exact) mass is 306 g/mol. The highest BCUT2D eigenvalue weighted by atomic mass is 16.5. The average Bonchev–Trinajstić information content (AvgIpc) is 2.93. The molecule has 2 atom stereocenters. The third kappa shape index (κ3) is 3.97. The first kappa shape index (κ1) is 15.8. The highest BCUT2D eigenvalue weighted by Gasteiger charge is 2.30. The number of carboxylic acid groups (broad SMARTS) is 1. The van der Waals surface area contributed by atoms with Crippen LogP contribution in [-0.2, 0) is 20.8 Å². The molecular weight excluding hydrogens is 288 g/mol. The lowest BCUT2D eigenvalue weighted by Crippen LogP contribution is -2.49. The summed E-state index contributed by atoms with van der Waals surface area (Å²) in [6, 6.07) is 5.29.